The Hall–Kier alpha value is -1.68. The number of Topliss-reactive ketones (excluding diaryl/α,β-unsaturated/α-hetero) is 1. The molecule has 420 valence electrons. The SMILES string of the molecule is CCCCCCCCCCCCCCCC(=O)OC[C@H](COP(=O)(O)OCCNCC(=O)[C@@H](O)[C@H](COC[C@@H]1O[C@H](CO)[C@H](O)[C@H](O)[C@H]1O)[C@H](O)CO)OC(=O)CCCCCCCCCCCCCCC. The molecule has 0 aromatic carbocycles. The second kappa shape index (κ2) is 43.5. The molecule has 0 aromatic rings. The van der Waals surface area contributed by atoms with Crippen LogP contribution in [0.25, 0.3) is 0 Å². The van der Waals surface area contributed by atoms with E-state index in [1.54, 1.807) is 0 Å². The fourth-order valence-corrected chi connectivity index (χ4v) is 9.13. The van der Waals surface area contributed by atoms with Gasteiger partial charge in [-0.05, 0) is 12.8 Å². The average Bonchev–Trinajstić information content (AvgIpc) is 3.35. The van der Waals surface area contributed by atoms with Crippen molar-refractivity contribution in [1.82, 2.24) is 5.32 Å². The molecule has 20 heteroatoms. The summed E-state index contributed by atoms with van der Waals surface area (Å²) in [5.41, 5.74) is 0. The first-order valence-electron chi connectivity index (χ1n) is 27.3. The Balaban J connectivity index is 2.56. The summed E-state index contributed by atoms with van der Waals surface area (Å²) in [6.07, 6.45) is 18.6. The van der Waals surface area contributed by atoms with Crippen molar-refractivity contribution in [2.45, 2.75) is 242 Å². The van der Waals surface area contributed by atoms with Gasteiger partial charge in [-0.2, -0.15) is 0 Å². The number of hydrogen-bond donors (Lipinski definition) is 9. The highest BCUT2D eigenvalue weighted by molar-refractivity contribution is 7.47. The lowest BCUT2D eigenvalue weighted by Gasteiger charge is -2.40. The molecule has 71 heavy (non-hydrogen) atoms. The largest absolute Gasteiger partial charge is 0.472 e. The number of nitrogens with one attached hydrogen (secondary N) is 1. The molecule has 0 amide bonds. The maximum Gasteiger partial charge on any atom is 0.472 e. The molecule has 19 nitrogen and oxygen atoms in total. The quantitative estimate of drug-likeness (QED) is 0.0195. The highest BCUT2D eigenvalue weighted by atomic mass is 31.2. The van der Waals surface area contributed by atoms with Gasteiger partial charge in [0.25, 0.3) is 0 Å². The lowest BCUT2D eigenvalue weighted by molar-refractivity contribution is -0.240. The van der Waals surface area contributed by atoms with E-state index >= 15 is 0 Å². The highest BCUT2D eigenvalue weighted by Gasteiger charge is 2.43. The maximum absolute atomic E-state index is 12.8. The number of esters is 2. The molecule has 0 bridgehead atoms. The molecular formula is C51H98NO18P. The minimum absolute atomic E-state index is 0.127. The molecule has 1 heterocycles. The molecule has 0 radical (unpaired) electrons. The smallest absolute Gasteiger partial charge is 0.462 e. The van der Waals surface area contributed by atoms with E-state index < -0.39 is 126 Å². The molecule has 1 aliphatic rings. The number of unbranched alkanes of at least 4 members (excludes halogenated alkanes) is 24. The summed E-state index contributed by atoms with van der Waals surface area (Å²) < 4.78 is 44.7. The van der Waals surface area contributed by atoms with Gasteiger partial charge >= 0.3 is 19.8 Å². The zero-order valence-electron chi connectivity index (χ0n) is 43.5. The van der Waals surface area contributed by atoms with Crippen LogP contribution in [0.15, 0.2) is 0 Å². The third-order valence-corrected chi connectivity index (χ3v) is 13.9. The van der Waals surface area contributed by atoms with Gasteiger partial charge in [-0.15, -0.1) is 0 Å². The minimum Gasteiger partial charge on any atom is -0.462 e. The standard InChI is InChI=1S/C51H98NO18P/c1-3-5-7-9-11-13-15-17-19-21-23-25-27-29-46(57)66-36-40(69-47(58)30-28-26-24-22-20-18-16-14-12-10-8-6-4-2)37-68-71(63,64)67-32-31-52-33-42(55)48(59)41(43(56)34-53)38-65-39-45-50(61)51(62)49(60)44(35-54)70-45/h40-41,43-45,48-54,56,59-62H,3-39H2,1-2H3,(H,63,64)/t40-,41-,43-,44-,45+,48+,49+,50+,51+/m1/s1. The molecule has 0 spiro atoms. The van der Waals surface area contributed by atoms with Gasteiger partial charge in [-0.1, -0.05) is 168 Å². The molecule has 0 saturated carbocycles. The van der Waals surface area contributed by atoms with Crippen LogP contribution in [0.4, 0.5) is 0 Å². The van der Waals surface area contributed by atoms with Gasteiger partial charge in [0.1, 0.15) is 43.2 Å². The normalized spacial score (nSPS) is 20.8. The van der Waals surface area contributed by atoms with Gasteiger partial charge in [0.2, 0.25) is 0 Å². The first-order valence-corrected chi connectivity index (χ1v) is 28.8. The van der Waals surface area contributed by atoms with E-state index in [1.165, 1.54) is 116 Å². The molecule has 0 aliphatic carbocycles. The molecule has 1 aliphatic heterocycles. The Morgan fingerprint density at radius 2 is 1.07 bits per heavy atom. The number of ketones is 1. The van der Waals surface area contributed by atoms with Crippen LogP contribution in [0.5, 0.6) is 0 Å². The molecule has 10 atom stereocenters. The van der Waals surface area contributed by atoms with Gasteiger partial charge in [0.05, 0.1) is 52.3 Å². The van der Waals surface area contributed by atoms with Crippen molar-refractivity contribution in [2.75, 3.05) is 59.3 Å². The molecule has 1 rings (SSSR count). The van der Waals surface area contributed by atoms with Crippen LogP contribution < -0.4 is 5.32 Å². The van der Waals surface area contributed by atoms with Crippen molar-refractivity contribution in [3.63, 3.8) is 0 Å². The Labute approximate surface area is 425 Å². The van der Waals surface area contributed by atoms with Gasteiger partial charge in [-0.3, -0.25) is 23.4 Å². The molecule has 1 unspecified atom stereocenters. The number of phosphoric ester groups is 1. The molecule has 0 aromatic heterocycles. The monoisotopic (exact) mass is 1040 g/mol. The van der Waals surface area contributed by atoms with E-state index in [0.717, 1.165) is 38.5 Å². The predicted octanol–water partition coefficient (Wildman–Crippen LogP) is 5.89. The first-order chi connectivity index (χ1) is 34.2. The maximum atomic E-state index is 12.8. The van der Waals surface area contributed by atoms with Crippen LogP contribution in [0.3, 0.4) is 0 Å². The molecule has 9 N–H and O–H groups in total. The van der Waals surface area contributed by atoms with Gasteiger partial charge in [0.15, 0.2) is 11.9 Å². The minimum atomic E-state index is -4.75. The number of carbonyl (C=O) groups is 3. The zero-order chi connectivity index (χ0) is 52.5. The van der Waals surface area contributed by atoms with Gasteiger partial charge in [0, 0.05) is 25.3 Å². The predicted molar refractivity (Wildman–Crippen MR) is 268 cm³/mol. The number of ether oxygens (including phenoxy) is 4. The summed E-state index contributed by atoms with van der Waals surface area (Å²) in [6.45, 7) is -0.0819. The van der Waals surface area contributed by atoms with E-state index in [9.17, 15) is 59.6 Å². The van der Waals surface area contributed by atoms with Crippen molar-refractivity contribution >= 4 is 25.5 Å². The number of phosphoric acid groups is 1. The second-order valence-corrected chi connectivity index (χ2v) is 20.7. The summed E-state index contributed by atoms with van der Waals surface area (Å²) in [4.78, 5) is 48.7. The fourth-order valence-electron chi connectivity index (χ4n) is 8.38. The van der Waals surface area contributed by atoms with Crippen LogP contribution >= 0.6 is 7.82 Å². The van der Waals surface area contributed by atoms with Crippen molar-refractivity contribution in [1.29, 1.82) is 0 Å². The van der Waals surface area contributed by atoms with Crippen LogP contribution in [-0.4, -0.2) is 167 Å². The summed E-state index contributed by atoms with van der Waals surface area (Å²) in [7, 11) is -4.75. The Bertz CT molecular complexity index is 1360. The number of carbonyl (C=O) groups excluding carboxylic acids is 3. The third-order valence-electron chi connectivity index (χ3n) is 13.0. The van der Waals surface area contributed by atoms with Crippen molar-refractivity contribution < 1.29 is 87.6 Å². The van der Waals surface area contributed by atoms with Crippen molar-refractivity contribution in [3.8, 4) is 0 Å². The average molecular weight is 1040 g/mol. The Kier molecular flexibility index (Phi) is 41.3. The van der Waals surface area contributed by atoms with Crippen LogP contribution in [0.2, 0.25) is 0 Å². The molecular weight excluding hydrogens is 946 g/mol. The second-order valence-electron chi connectivity index (χ2n) is 19.3. The third kappa shape index (κ3) is 33.8. The molecule has 1 saturated heterocycles. The number of aliphatic hydroxyl groups is 7. The summed E-state index contributed by atoms with van der Waals surface area (Å²) >= 11 is 0. The van der Waals surface area contributed by atoms with E-state index in [1.807, 2.05) is 0 Å². The van der Waals surface area contributed by atoms with E-state index in [2.05, 4.69) is 19.2 Å². The van der Waals surface area contributed by atoms with E-state index in [4.69, 9.17) is 28.0 Å². The summed E-state index contributed by atoms with van der Waals surface area (Å²) in [6, 6.07) is 0. The lowest BCUT2D eigenvalue weighted by atomic mass is 9.93. The van der Waals surface area contributed by atoms with Crippen LogP contribution in [-0.2, 0) is 46.9 Å². The first kappa shape index (κ1) is 67.3. The Morgan fingerprint density at radius 1 is 0.606 bits per heavy atom. The van der Waals surface area contributed by atoms with Crippen LogP contribution in [0, 0.1) is 5.92 Å². The van der Waals surface area contributed by atoms with Gasteiger partial charge in [-0.25, -0.2) is 4.57 Å². The lowest BCUT2D eigenvalue weighted by Crippen LogP contribution is -2.59. The van der Waals surface area contributed by atoms with E-state index in [0.29, 0.717) is 12.8 Å². The van der Waals surface area contributed by atoms with Crippen LogP contribution in [0.1, 0.15) is 194 Å². The van der Waals surface area contributed by atoms with Crippen molar-refractivity contribution in [2.24, 2.45) is 5.92 Å². The zero-order valence-corrected chi connectivity index (χ0v) is 44.4. The van der Waals surface area contributed by atoms with Crippen molar-refractivity contribution in [3.05, 3.63) is 0 Å². The summed E-state index contributed by atoms with van der Waals surface area (Å²) in [5, 5.41) is 72.8. The Morgan fingerprint density at radius 3 is 1.55 bits per heavy atom. The number of rotatable bonds is 49. The summed E-state index contributed by atoms with van der Waals surface area (Å²) in [5.74, 6) is -3.21. The topological polar surface area (TPSA) is 298 Å². The number of aliphatic hydroxyl groups excluding tert-OH is 7. The van der Waals surface area contributed by atoms with E-state index in [-0.39, 0.29) is 26.0 Å². The van der Waals surface area contributed by atoms with Gasteiger partial charge < -0.3 is 64.9 Å². The molecule has 1 fully saturated rings. The highest BCUT2D eigenvalue weighted by Crippen LogP contribution is 2.43. The fraction of sp³-hybridized carbons (Fsp3) is 0.941. The number of hydrogen-bond acceptors (Lipinski definition) is 18.